The zero-order valence-corrected chi connectivity index (χ0v) is 33.2. The topological polar surface area (TPSA) is 8.17 Å². The Kier molecular flexibility index (Phi) is 8.20. The first-order chi connectivity index (χ1) is 29.0. The molecule has 2 heteroatoms. The van der Waals surface area contributed by atoms with E-state index in [-0.39, 0.29) is 5.41 Å². The second-order valence-electron chi connectivity index (χ2n) is 16.1. The number of aromatic nitrogens is 1. The molecule has 0 unspecified atom stereocenters. The van der Waals surface area contributed by atoms with Crippen LogP contribution in [0.2, 0.25) is 0 Å². The minimum absolute atomic E-state index is 0.148. The van der Waals surface area contributed by atoms with Crippen LogP contribution in [-0.2, 0) is 5.41 Å². The van der Waals surface area contributed by atoms with Gasteiger partial charge in [0.2, 0.25) is 0 Å². The van der Waals surface area contributed by atoms with E-state index in [9.17, 15) is 0 Å². The van der Waals surface area contributed by atoms with Crippen LogP contribution in [0.4, 0.5) is 17.1 Å². The summed E-state index contributed by atoms with van der Waals surface area (Å²) in [5.74, 6) is 0. The highest BCUT2D eigenvalue weighted by molar-refractivity contribution is 6.09. The lowest BCUT2D eigenvalue weighted by Gasteiger charge is -2.31. The molecule has 0 fully saturated rings. The maximum Gasteiger partial charge on any atom is 0.0546 e. The predicted octanol–water partition coefficient (Wildman–Crippen LogP) is 15.6. The zero-order valence-electron chi connectivity index (χ0n) is 33.2. The number of anilines is 3. The van der Waals surface area contributed by atoms with Gasteiger partial charge in [-0.25, -0.2) is 0 Å². The van der Waals surface area contributed by atoms with E-state index in [2.05, 4.69) is 242 Å². The van der Waals surface area contributed by atoms with Crippen molar-refractivity contribution >= 4 is 38.9 Å². The Morgan fingerprint density at radius 3 is 1.69 bits per heavy atom. The van der Waals surface area contributed by atoms with Crippen LogP contribution in [0.1, 0.15) is 25.0 Å². The van der Waals surface area contributed by atoms with Crippen LogP contribution >= 0.6 is 0 Å². The molecule has 0 amide bonds. The van der Waals surface area contributed by atoms with Gasteiger partial charge in [-0.15, -0.1) is 0 Å². The molecule has 0 saturated carbocycles. The maximum absolute atomic E-state index is 2.49. The van der Waals surface area contributed by atoms with E-state index in [0.29, 0.717) is 0 Å². The highest BCUT2D eigenvalue weighted by Gasteiger charge is 2.36. The molecule has 0 radical (unpaired) electrons. The fourth-order valence-electron chi connectivity index (χ4n) is 9.60. The average molecular weight is 755 g/mol. The summed E-state index contributed by atoms with van der Waals surface area (Å²) >= 11 is 0. The lowest BCUT2D eigenvalue weighted by atomic mass is 9.82. The lowest BCUT2D eigenvalue weighted by Crippen LogP contribution is -2.17. The molecule has 59 heavy (non-hydrogen) atoms. The summed E-state index contributed by atoms with van der Waals surface area (Å²) in [7, 11) is 0. The Labute approximate surface area is 345 Å². The van der Waals surface area contributed by atoms with Crippen molar-refractivity contribution < 1.29 is 0 Å². The number of hydrogen-bond donors (Lipinski definition) is 0. The second kappa shape index (κ2) is 13.9. The number of para-hydroxylation sites is 2. The van der Waals surface area contributed by atoms with Gasteiger partial charge in [-0.2, -0.15) is 0 Å². The van der Waals surface area contributed by atoms with Crippen LogP contribution in [0, 0.1) is 0 Å². The summed E-state index contributed by atoms with van der Waals surface area (Å²) in [6.45, 7) is 4.73. The quantitative estimate of drug-likeness (QED) is 0.157. The smallest absolute Gasteiger partial charge is 0.0546 e. The molecular weight excluding hydrogens is 713 g/mol. The largest absolute Gasteiger partial charge is 0.310 e. The Hall–Kier alpha value is -7.42. The summed E-state index contributed by atoms with van der Waals surface area (Å²) in [6, 6.07) is 80.0. The lowest BCUT2D eigenvalue weighted by molar-refractivity contribution is 0.660. The van der Waals surface area contributed by atoms with E-state index in [4.69, 9.17) is 0 Å². The van der Waals surface area contributed by atoms with Crippen LogP contribution in [0.3, 0.4) is 0 Å². The van der Waals surface area contributed by atoms with Crippen LogP contribution in [-0.4, -0.2) is 4.57 Å². The molecule has 0 aliphatic heterocycles. The van der Waals surface area contributed by atoms with Gasteiger partial charge in [-0.3, -0.25) is 0 Å². The summed E-state index contributed by atoms with van der Waals surface area (Å²) in [5.41, 5.74) is 19.1. The molecule has 0 bridgehead atoms. The van der Waals surface area contributed by atoms with E-state index in [0.717, 1.165) is 28.3 Å². The third-order valence-corrected chi connectivity index (χ3v) is 12.4. The minimum atomic E-state index is -0.148. The monoisotopic (exact) mass is 754 g/mol. The molecule has 0 N–H and O–H groups in total. The van der Waals surface area contributed by atoms with Crippen LogP contribution < -0.4 is 4.90 Å². The van der Waals surface area contributed by atoms with Gasteiger partial charge in [0.05, 0.1) is 16.7 Å². The summed E-state index contributed by atoms with van der Waals surface area (Å²) in [6.07, 6.45) is 0. The van der Waals surface area contributed by atoms with E-state index >= 15 is 0 Å². The van der Waals surface area contributed by atoms with Gasteiger partial charge in [-0.1, -0.05) is 178 Å². The van der Waals surface area contributed by atoms with Gasteiger partial charge in [0.15, 0.2) is 0 Å². The zero-order chi connectivity index (χ0) is 39.5. The molecular formula is C57H42N2. The molecule has 2 nitrogen and oxygen atoms in total. The van der Waals surface area contributed by atoms with Gasteiger partial charge in [0.25, 0.3) is 0 Å². The van der Waals surface area contributed by atoms with Crippen molar-refractivity contribution in [2.45, 2.75) is 19.3 Å². The highest BCUT2D eigenvalue weighted by atomic mass is 15.1. The molecule has 1 aromatic heterocycles. The van der Waals surface area contributed by atoms with Gasteiger partial charge < -0.3 is 9.47 Å². The van der Waals surface area contributed by atoms with Crippen molar-refractivity contribution in [2.75, 3.05) is 4.90 Å². The van der Waals surface area contributed by atoms with Gasteiger partial charge in [-0.05, 0) is 105 Å². The molecule has 11 rings (SSSR count). The van der Waals surface area contributed by atoms with Gasteiger partial charge in [0.1, 0.15) is 0 Å². The minimum Gasteiger partial charge on any atom is -0.310 e. The highest BCUT2D eigenvalue weighted by Crippen LogP contribution is 2.52. The number of benzene rings is 9. The molecule has 1 heterocycles. The SMILES string of the molecule is CC1(C)c2ccccc2-c2ccc(N(c3cccc(-c4ccccc4)c3)c3cccc(-c4ccccc4)c3-c3cccc(-n4c5ccccc5c5ccccc54)c3)cc21. The van der Waals surface area contributed by atoms with Crippen molar-refractivity contribution in [3.05, 3.63) is 230 Å². The number of nitrogens with zero attached hydrogens (tertiary/aromatic N) is 2. The Morgan fingerprint density at radius 1 is 0.373 bits per heavy atom. The molecule has 1 aliphatic rings. The first-order valence-electron chi connectivity index (χ1n) is 20.5. The van der Waals surface area contributed by atoms with Crippen LogP contribution in [0.25, 0.3) is 72.0 Å². The van der Waals surface area contributed by atoms with E-state index in [1.54, 1.807) is 0 Å². The average Bonchev–Trinajstić information content (AvgIpc) is 3.75. The molecule has 9 aromatic carbocycles. The van der Waals surface area contributed by atoms with Crippen molar-refractivity contribution in [2.24, 2.45) is 0 Å². The first-order valence-corrected chi connectivity index (χ1v) is 20.5. The van der Waals surface area contributed by atoms with Gasteiger partial charge >= 0.3 is 0 Å². The third-order valence-electron chi connectivity index (χ3n) is 12.4. The molecule has 0 atom stereocenters. The second-order valence-corrected chi connectivity index (χ2v) is 16.1. The van der Waals surface area contributed by atoms with Crippen LogP contribution in [0.15, 0.2) is 218 Å². The summed E-state index contributed by atoms with van der Waals surface area (Å²) < 4.78 is 2.42. The number of hydrogen-bond acceptors (Lipinski definition) is 1. The Morgan fingerprint density at radius 2 is 0.932 bits per heavy atom. The van der Waals surface area contributed by atoms with E-state index < -0.39 is 0 Å². The molecule has 0 saturated heterocycles. The normalized spacial score (nSPS) is 12.7. The maximum atomic E-state index is 2.49. The van der Waals surface area contributed by atoms with Crippen molar-refractivity contribution in [3.8, 4) is 50.2 Å². The van der Waals surface area contributed by atoms with Gasteiger partial charge in [0, 0.05) is 38.8 Å². The summed E-state index contributed by atoms with van der Waals surface area (Å²) in [4.78, 5) is 2.49. The third kappa shape index (κ3) is 5.71. The van der Waals surface area contributed by atoms with Crippen molar-refractivity contribution in [1.29, 1.82) is 0 Å². The van der Waals surface area contributed by atoms with Crippen molar-refractivity contribution in [1.82, 2.24) is 4.57 Å². The fraction of sp³-hybridized carbons (Fsp3) is 0.0526. The first kappa shape index (κ1) is 34.8. The van der Waals surface area contributed by atoms with Crippen LogP contribution in [0.5, 0.6) is 0 Å². The number of fused-ring (bicyclic) bond motifs is 6. The standard InChI is InChI=1S/C57H42N2/c1-57(2)51-30-12-9-26-47(51)48-35-34-45(38-52(48)57)58(43-24-15-22-41(36-43)39-18-5-3-6-19-39)55-33-17-29-46(40-20-7-4-8-21-40)56(55)42-23-16-25-44(37-42)59-53-31-13-10-27-49(53)50-28-11-14-32-54(50)59/h3-38H,1-2H3. The van der Waals surface area contributed by atoms with E-state index in [1.165, 1.54) is 71.9 Å². The molecule has 280 valence electrons. The molecule has 0 spiro atoms. The Balaban J connectivity index is 1.18. The number of rotatable bonds is 7. The molecule has 1 aliphatic carbocycles. The summed E-state index contributed by atoms with van der Waals surface area (Å²) in [5, 5.41) is 2.51. The molecule has 10 aromatic rings. The van der Waals surface area contributed by atoms with E-state index in [1.807, 2.05) is 0 Å². The van der Waals surface area contributed by atoms with Crippen molar-refractivity contribution in [3.63, 3.8) is 0 Å². The predicted molar refractivity (Wildman–Crippen MR) is 249 cm³/mol. The Bertz CT molecular complexity index is 3140. The fourth-order valence-corrected chi connectivity index (χ4v) is 9.60.